The van der Waals surface area contributed by atoms with Crippen LogP contribution < -0.4 is 4.90 Å². The summed E-state index contributed by atoms with van der Waals surface area (Å²) < 4.78 is 5.12. The molecule has 0 aliphatic carbocycles. The van der Waals surface area contributed by atoms with Gasteiger partial charge in [-0.15, -0.1) is 11.3 Å². The largest absolute Gasteiger partial charge is 0.309 e. The normalized spacial score (nSPS) is 11.6. The van der Waals surface area contributed by atoms with Crippen molar-refractivity contribution >= 4 is 81.1 Å². The van der Waals surface area contributed by atoms with Gasteiger partial charge in [-0.1, -0.05) is 164 Å². The summed E-state index contributed by atoms with van der Waals surface area (Å²) in [6.07, 6.45) is 0. The predicted molar refractivity (Wildman–Crippen MR) is 237 cm³/mol. The number of fused-ring (bicyclic) bond motifs is 7. The summed E-state index contributed by atoms with van der Waals surface area (Å²) in [5.41, 5.74) is 11.8. The van der Waals surface area contributed by atoms with Gasteiger partial charge in [0.05, 0.1) is 28.1 Å². The number of hydrogen-bond donors (Lipinski definition) is 0. The highest BCUT2D eigenvalue weighted by Crippen LogP contribution is 2.50. The van der Waals surface area contributed by atoms with Gasteiger partial charge in [0.2, 0.25) is 0 Å². The highest BCUT2D eigenvalue weighted by Gasteiger charge is 2.25. The molecule has 11 rings (SSSR count). The molecule has 0 aliphatic heterocycles. The maximum Gasteiger partial charge on any atom is 0.0618 e. The summed E-state index contributed by atoms with van der Waals surface area (Å²) in [6, 6.07) is 75.1. The van der Waals surface area contributed by atoms with Crippen LogP contribution in [-0.4, -0.2) is 4.57 Å². The quantitative estimate of drug-likeness (QED) is 0.166. The van der Waals surface area contributed by atoms with Crippen LogP contribution in [0.2, 0.25) is 0 Å². The smallest absolute Gasteiger partial charge is 0.0618 e. The maximum absolute atomic E-state index is 2.49. The molecule has 0 saturated carbocycles. The van der Waals surface area contributed by atoms with Crippen molar-refractivity contribution < 1.29 is 0 Å². The second kappa shape index (κ2) is 12.9. The molecule has 0 N–H and O–H groups in total. The van der Waals surface area contributed by atoms with E-state index in [1.807, 2.05) is 11.3 Å². The molecule has 55 heavy (non-hydrogen) atoms. The second-order valence-electron chi connectivity index (χ2n) is 14.0. The minimum Gasteiger partial charge on any atom is -0.309 e. The van der Waals surface area contributed by atoms with E-state index in [-0.39, 0.29) is 0 Å². The number of benzene rings is 9. The molecule has 3 heteroatoms. The van der Waals surface area contributed by atoms with Crippen LogP contribution in [0.25, 0.3) is 80.7 Å². The standard InChI is InChI=1S/C52H34N2S/c1-3-17-35(18-4-1)39-34-33-36-19-7-8-22-38(36)51(39)53(37-20-5-2-6-21-37)47-30-16-31-48-50(47)44-25-10-13-29-46(44)54(48)45-28-12-9-23-40(45)42-26-15-27-43-41-24-11-14-32-49(41)55-52(42)43/h1-34H. The van der Waals surface area contributed by atoms with Gasteiger partial charge in [-0.25, -0.2) is 0 Å². The van der Waals surface area contributed by atoms with Crippen LogP contribution in [-0.2, 0) is 0 Å². The summed E-state index contributed by atoms with van der Waals surface area (Å²) in [6.45, 7) is 0. The Bertz CT molecular complexity index is 3210. The Morgan fingerprint density at radius 3 is 1.91 bits per heavy atom. The van der Waals surface area contributed by atoms with Crippen LogP contribution >= 0.6 is 11.3 Å². The predicted octanol–water partition coefficient (Wildman–Crippen LogP) is 15.1. The van der Waals surface area contributed by atoms with Crippen LogP contribution in [0.3, 0.4) is 0 Å². The summed E-state index contributed by atoms with van der Waals surface area (Å²) >= 11 is 1.88. The molecule has 0 atom stereocenters. The summed E-state index contributed by atoms with van der Waals surface area (Å²) in [7, 11) is 0. The van der Waals surface area contributed by atoms with Gasteiger partial charge < -0.3 is 9.47 Å². The van der Waals surface area contributed by atoms with E-state index >= 15 is 0 Å². The van der Waals surface area contributed by atoms with Crippen molar-refractivity contribution in [1.29, 1.82) is 0 Å². The van der Waals surface area contributed by atoms with Gasteiger partial charge in [0.1, 0.15) is 0 Å². The molecule has 2 nitrogen and oxygen atoms in total. The molecule has 258 valence electrons. The van der Waals surface area contributed by atoms with Crippen molar-refractivity contribution in [3.8, 4) is 27.9 Å². The van der Waals surface area contributed by atoms with Crippen molar-refractivity contribution in [2.24, 2.45) is 0 Å². The number of anilines is 3. The summed E-state index contributed by atoms with van der Waals surface area (Å²) in [5, 5.41) is 7.45. The molecule has 0 radical (unpaired) electrons. The number of rotatable bonds is 6. The van der Waals surface area contributed by atoms with Gasteiger partial charge in [0.25, 0.3) is 0 Å². The van der Waals surface area contributed by atoms with E-state index < -0.39 is 0 Å². The Morgan fingerprint density at radius 2 is 1.04 bits per heavy atom. The number of para-hydroxylation sites is 3. The Morgan fingerprint density at radius 1 is 0.400 bits per heavy atom. The molecule has 0 unspecified atom stereocenters. The molecule has 2 aromatic heterocycles. The molecule has 0 amide bonds. The first-order chi connectivity index (χ1) is 27.3. The number of aromatic nitrogens is 1. The Kier molecular flexibility index (Phi) is 7.39. The first kappa shape index (κ1) is 31.6. The highest BCUT2D eigenvalue weighted by molar-refractivity contribution is 7.26. The van der Waals surface area contributed by atoms with Gasteiger partial charge >= 0.3 is 0 Å². The fourth-order valence-electron chi connectivity index (χ4n) is 8.61. The maximum atomic E-state index is 2.49. The van der Waals surface area contributed by atoms with Gasteiger partial charge in [-0.05, 0) is 53.4 Å². The lowest BCUT2D eigenvalue weighted by atomic mass is 9.96. The second-order valence-corrected chi connectivity index (χ2v) is 15.1. The van der Waals surface area contributed by atoms with Crippen LogP contribution in [0, 0.1) is 0 Å². The zero-order valence-electron chi connectivity index (χ0n) is 29.9. The Balaban J connectivity index is 1.23. The molecule has 11 aromatic rings. The van der Waals surface area contributed by atoms with Crippen molar-refractivity contribution in [2.45, 2.75) is 0 Å². The zero-order valence-corrected chi connectivity index (χ0v) is 30.7. The molecule has 0 saturated heterocycles. The molecule has 9 aromatic carbocycles. The van der Waals surface area contributed by atoms with Gasteiger partial charge in [-0.2, -0.15) is 0 Å². The third-order valence-corrected chi connectivity index (χ3v) is 12.2. The zero-order chi connectivity index (χ0) is 36.3. The lowest BCUT2D eigenvalue weighted by Gasteiger charge is -2.30. The molecule has 0 aliphatic rings. The van der Waals surface area contributed by atoms with Crippen LogP contribution in [0.5, 0.6) is 0 Å². The van der Waals surface area contributed by atoms with Crippen LogP contribution in [0.1, 0.15) is 0 Å². The van der Waals surface area contributed by atoms with Crippen LogP contribution in [0.15, 0.2) is 206 Å². The average Bonchev–Trinajstić information content (AvgIpc) is 3.81. The molecule has 2 heterocycles. The van der Waals surface area contributed by atoms with Crippen molar-refractivity contribution in [3.05, 3.63) is 206 Å². The first-order valence-electron chi connectivity index (χ1n) is 18.8. The molecular weight excluding hydrogens is 685 g/mol. The lowest BCUT2D eigenvalue weighted by molar-refractivity contribution is 1.18. The van der Waals surface area contributed by atoms with E-state index in [9.17, 15) is 0 Å². The van der Waals surface area contributed by atoms with E-state index in [0.717, 1.165) is 28.3 Å². The van der Waals surface area contributed by atoms with Crippen molar-refractivity contribution in [1.82, 2.24) is 4.57 Å². The Hall–Kier alpha value is -6.94. The lowest BCUT2D eigenvalue weighted by Crippen LogP contribution is -2.12. The van der Waals surface area contributed by atoms with Crippen LogP contribution in [0.4, 0.5) is 17.1 Å². The third-order valence-electron chi connectivity index (χ3n) is 11.0. The number of hydrogen-bond acceptors (Lipinski definition) is 2. The third kappa shape index (κ3) is 5.01. The van der Waals surface area contributed by atoms with Crippen molar-refractivity contribution in [2.75, 3.05) is 4.90 Å². The van der Waals surface area contributed by atoms with E-state index in [0.29, 0.717) is 0 Å². The van der Waals surface area contributed by atoms with E-state index in [1.165, 1.54) is 69.5 Å². The first-order valence-corrected chi connectivity index (χ1v) is 19.6. The minimum atomic E-state index is 1.11. The molecule has 0 spiro atoms. The number of thiophene rings is 1. The Labute approximate surface area is 323 Å². The summed E-state index contributed by atoms with van der Waals surface area (Å²) in [4.78, 5) is 2.49. The van der Waals surface area contributed by atoms with Gasteiger partial charge in [0, 0.05) is 58.7 Å². The van der Waals surface area contributed by atoms with E-state index in [1.54, 1.807) is 0 Å². The average molecular weight is 719 g/mol. The minimum absolute atomic E-state index is 1.11. The van der Waals surface area contributed by atoms with Crippen molar-refractivity contribution in [3.63, 3.8) is 0 Å². The molecular formula is C52H34N2S. The van der Waals surface area contributed by atoms with E-state index in [2.05, 4.69) is 216 Å². The van der Waals surface area contributed by atoms with Gasteiger partial charge in [-0.3, -0.25) is 0 Å². The highest BCUT2D eigenvalue weighted by atomic mass is 32.1. The fraction of sp³-hybridized carbons (Fsp3) is 0. The SMILES string of the molecule is c1ccc(-c2ccc3ccccc3c2N(c2ccccc2)c2cccc3c2c2ccccc2n3-c2ccccc2-c2cccc3c2sc2ccccc23)cc1. The molecule has 0 bridgehead atoms. The topological polar surface area (TPSA) is 8.17 Å². The summed E-state index contributed by atoms with van der Waals surface area (Å²) in [5.74, 6) is 0. The van der Waals surface area contributed by atoms with Gasteiger partial charge in [0.15, 0.2) is 0 Å². The molecule has 0 fully saturated rings. The van der Waals surface area contributed by atoms with E-state index in [4.69, 9.17) is 0 Å². The monoisotopic (exact) mass is 718 g/mol. The number of nitrogens with zero attached hydrogens (tertiary/aromatic N) is 2. The fourth-order valence-corrected chi connectivity index (χ4v) is 9.84.